The van der Waals surface area contributed by atoms with Gasteiger partial charge in [-0.1, -0.05) is 25.1 Å². The van der Waals surface area contributed by atoms with Crippen LogP contribution in [0.3, 0.4) is 0 Å². The third kappa shape index (κ3) is 6.74. The van der Waals surface area contributed by atoms with Crippen molar-refractivity contribution in [3.05, 3.63) is 76.2 Å². The highest BCUT2D eigenvalue weighted by Crippen LogP contribution is 2.45. The lowest BCUT2D eigenvalue weighted by molar-refractivity contribution is -0.135. The monoisotopic (exact) mass is 813 g/mol. The van der Waals surface area contributed by atoms with Crippen molar-refractivity contribution in [2.75, 3.05) is 41.7 Å². The highest BCUT2D eigenvalue weighted by Gasteiger charge is 2.43. The van der Waals surface area contributed by atoms with Crippen molar-refractivity contribution in [3.63, 3.8) is 0 Å². The zero-order chi connectivity index (χ0) is 41.2. The second kappa shape index (κ2) is 15.5. The van der Waals surface area contributed by atoms with Crippen LogP contribution in [0.2, 0.25) is 0 Å². The number of nitrogens with zero attached hydrogens (tertiary/aromatic N) is 9. The van der Waals surface area contributed by atoms with Gasteiger partial charge in [0.2, 0.25) is 17.8 Å². The van der Waals surface area contributed by atoms with E-state index in [-0.39, 0.29) is 47.7 Å². The van der Waals surface area contributed by atoms with E-state index in [0.29, 0.717) is 47.3 Å². The van der Waals surface area contributed by atoms with Crippen LogP contribution in [0.15, 0.2) is 53.6 Å². The van der Waals surface area contributed by atoms with Crippen LogP contribution in [0.25, 0.3) is 17.3 Å². The van der Waals surface area contributed by atoms with E-state index in [2.05, 4.69) is 61.7 Å². The topological polar surface area (TPSA) is 181 Å². The summed E-state index contributed by atoms with van der Waals surface area (Å²) in [4.78, 5) is 55.4. The molecule has 2 amide bonds. The number of para-hydroxylation sites is 1. The number of fused-ring (bicyclic) bond motifs is 3. The van der Waals surface area contributed by atoms with Crippen molar-refractivity contribution in [3.8, 4) is 17.0 Å². The molecule has 1 saturated carbocycles. The van der Waals surface area contributed by atoms with Gasteiger partial charge in [0.1, 0.15) is 11.8 Å². The van der Waals surface area contributed by atoms with Gasteiger partial charge in [0.25, 0.3) is 0 Å². The number of phenols is 1. The highest BCUT2D eigenvalue weighted by molar-refractivity contribution is 5.99. The van der Waals surface area contributed by atoms with Crippen LogP contribution in [0.5, 0.6) is 5.75 Å². The molecule has 4 N–H and O–H groups in total. The predicted octanol–water partition coefficient (Wildman–Crippen LogP) is 4.74. The number of piperidine rings is 2. The number of rotatable bonds is 7. The van der Waals surface area contributed by atoms with Gasteiger partial charge in [-0.25, -0.2) is 14.8 Å². The van der Waals surface area contributed by atoms with Crippen LogP contribution in [0.1, 0.15) is 106 Å². The first kappa shape index (κ1) is 38.6. The molecule has 7 heterocycles. The van der Waals surface area contributed by atoms with Gasteiger partial charge in [-0.05, 0) is 118 Å². The second-order valence-electron chi connectivity index (χ2n) is 18.1. The standard InChI is InChI=1S/C45H55N11O4/c1-26-33(13-14-36-41(26)52(2)45(60)56(36)37-15-16-40(58)49-43(37)59)28-7-9-30(10-8-28)53-19-17-27(18-20-53)29-22-47-44(48-23-29)55-31-11-12-32(55)25-54(24-31)38-21-35(50-51-42(38)46)34-5-3-4-6-39(34)57/h3-6,13-14,21-23,26-28,30-33,37,57H,7-12,15-20,24-25H2,1-2H3,(H2,46,51)(H,49,58,59). The maximum atomic E-state index is 13.5. The molecule has 1 aromatic carbocycles. The molecule has 10 rings (SSSR count). The summed E-state index contributed by atoms with van der Waals surface area (Å²) in [5, 5.41) is 21.4. The normalized spacial score (nSPS) is 28.5. The lowest BCUT2D eigenvalue weighted by Crippen LogP contribution is -2.54. The molecular formula is C45H55N11O4. The lowest BCUT2D eigenvalue weighted by atomic mass is 9.70. The van der Waals surface area contributed by atoms with Gasteiger partial charge in [0, 0.05) is 74.3 Å². The number of carbonyl (C=O) groups excluding carboxylic acids is 2. The van der Waals surface area contributed by atoms with Crippen LogP contribution in [-0.4, -0.2) is 95.4 Å². The third-order valence-corrected chi connectivity index (χ3v) is 14.9. The van der Waals surface area contributed by atoms with E-state index in [0.717, 1.165) is 74.9 Å². The number of allylic oxidation sites excluding steroid dienone is 1. The van der Waals surface area contributed by atoms with Crippen molar-refractivity contribution in [1.82, 2.24) is 39.5 Å². The molecule has 6 aliphatic rings. The Morgan fingerprint density at radius 2 is 1.57 bits per heavy atom. The molecule has 0 spiro atoms. The van der Waals surface area contributed by atoms with E-state index < -0.39 is 6.04 Å². The highest BCUT2D eigenvalue weighted by atomic mass is 16.3. The number of carbonyl (C=O) groups is 2. The zero-order valence-corrected chi connectivity index (χ0v) is 34.5. The van der Waals surface area contributed by atoms with Crippen LogP contribution in [0, 0.1) is 11.8 Å². The zero-order valence-electron chi connectivity index (χ0n) is 34.5. The van der Waals surface area contributed by atoms with Gasteiger partial charge in [-0.3, -0.25) is 24.0 Å². The van der Waals surface area contributed by atoms with Crippen LogP contribution < -0.4 is 26.5 Å². The number of phenolic OH excluding ortho intramolecular Hbond substituents is 1. The molecule has 2 bridgehead atoms. The Kier molecular flexibility index (Phi) is 9.96. The van der Waals surface area contributed by atoms with E-state index in [1.54, 1.807) is 21.3 Å². The summed E-state index contributed by atoms with van der Waals surface area (Å²) < 4.78 is 3.34. The Labute approximate surface area is 349 Å². The molecule has 0 radical (unpaired) electrons. The minimum absolute atomic E-state index is 0.164. The van der Waals surface area contributed by atoms with Crippen molar-refractivity contribution in [1.29, 1.82) is 0 Å². The Hall–Kier alpha value is -5.57. The molecule has 3 aromatic heterocycles. The van der Waals surface area contributed by atoms with Crippen LogP contribution >= 0.6 is 0 Å². The Morgan fingerprint density at radius 3 is 2.27 bits per heavy atom. The summed E-state index contributed by atoms with van der Waals surface area (Å²) in [5.74, 6) is 2.22. The van der Waals surface area contributed by atoms with Crippen LogP contribution in [0.4, 0.5) is 17.5 Å². The average Bonchev–Trinajstić information content (AvgIpc) is 3.68. The van der Waals surface area contributed by atoms with E-state index >= 15 is 0 Å². The molecule has 4 aliphatic heterocycles. The largest absolute Gasteiger partial charge is 0.507 e. The number of imidazole rings is 1. The first-order chi connectivity index (χ1) is 29.1. The summed E-state index contributed by atoms with van der Waals surface area (Å²) in [6, 6.07) is 9.58. The summed E-state index contributed by atoms with van der Waals surface area (Å²) in [7, 11) is 1.82. The van der Waals surface area contributed by atoms with E-state index in [1.165, 1.54) is 31.2 Å². The predicted molar refractivity (Wildman–Crippen MR) is 228 cm³/mol. The number of benzene rings is 1. The number of anilines is 3. The summed E-state index contributed by atoms with van der Waals surface area (Å²) in [6.45, 7) is 5.98. The number of nitrogens with one attached hydrogen (secondary N) is 1. The van der Waals surface area contributed by atoms with Gasteiger partial charge < -0.3 is 25.5 Å². The van der Waals surface area contributed by atoms with Gasteiger partial charge >= 0.3 is 5.69 Å². The molecule has 2 aliphatic carbocycles. The van der Waals surface area contributed by atoms with Gasteiger partial charge in [0.15, 0.2) is 5.82 Å². The minimum atomic E-state index is -0.654. The molecule has 15 heteroatoms. The Morgan fingerprint density at radius 1 is 0.867 bits per heavy atom. The Bertz CT molecular complexity index is 2360. The Balaban J connectivity index is 0.727. The maximum absolute atomic E-state index is 13.5. The van der Waals surface area contributed by atoms with Crippen LogP contribution in [-0.2, 0) is 16.6 Å². The molecule has 5 unspecified atom stereocenters. The first-order valence-corrected chi connectivity index (χ1v) is 22.0. The number of hydrogen-bond donors (Lipinski definition) is 3. The number of aromatic hydroxyl groups is 1. The molecule has 4 saturated heterocycles. The number of piperazine rings is 1. The van der Waals surface area contributed by atoms with Crippen molar-refractivity contribution in [2.24, 2.45) is 18.9 Å². The fourth-order valence-electron chi connectivity index (χ4n) is 11.7. The maximum Gasteiger partial charge on any atom is 0.329 e. The molecule has 60 heavy (non-hydrogen) atoms. The fourth-order valence-corrected chi connectivity index (χ4v) is 11.7. The molecular weight excluding hydrogens is 759 g/mol. The minimum Gasteiger partial charge on any atom is -0.507 e. The van der Waals surface area contributed by atoms with E-state index in [4.69, 9.17) is 15.7 Å². The van der Waals surface area contributed by atoms with E-state index in [9.17, 15) is 19.5 Å². The van der Waals surface area contributed by atoms with E-state index in [1.807, 2.05) is 25.2 Å². The number of aromatic nitrogens is 6. The van der Waals surface area contributed by atoms with Crippen molar-refractivity contribution >= 4 is 35.3 Å². The number of likely N-dealkylation sites (tertiary alicyclic amines) is 1. The number of nitrogens with two attached hydrogens (primary N) is 1. The van der Waals surface area contributed by atoms with Crippen molar-refractivity contribution < 1.29 is 14.7 Å². The average molecular weight is 814 g/mol. The summed E-state index contributed by atoms with van der Waals surface area (Å²) >= 11 is 0. The molecule has 15 nitrogen and oxygen atoms in total. The molecule has 5 atom stereocenters. The SMILES string of the molecule is CC1c2c(n(C3CCC(=O)NC3=O)c(=O)n2C)C=CC1C1CCC(N2CCC(c3cnc(N4C5CCC4CN(c4cc(-c6ccccc6O)nnc4N)C5)nc3)CC2)CC1. The van der Waals surface area contributed by atoms with Gasteiger partial charge in [-0.15, -0.1) is 10.2 Å². The smallest absolute Gasteiger partial charge is 0.329 e. The third-order valence-electron chi connectivity index (χ3n) is 14.9. The fraction of sp³-hybridized carbons (Fsp3) is 0.533. The van der Waals surface area contributed by atoms with Gasteiger partial charge in [0.05, 0.1) is 17.1 Å². The first-order valence-electron chi connectivity index (χ1n) is 22.0. The quantitative estimate of drug-likeness (QED) is 0.219. The second-order valence-corrected chi connectivity index (χ2v) is 18.1. The van der Waals surface area contributed by atoms with Gasteiger partial charge in [-0.2, -0.15) is 0 Å². The van der Waals surface area contributed by atoms with Crippen molar-refractivity contribution in [2.45, 2.75) is 107 Å². The number of amides is 2. The molecule has 314 valence electrons. The number of hydrogen-bond acceptors (Lipinski definition) is 12. The number of imide groups is 1. The molecule has 4 aromatic rings. The summed E-state index contributed by atoms with van der Waals surface area (Å²) in [6.07, 6.45) is 18.1. The lowest BCUT2D eigenvalue weighted by Gasteiger charge is -2.43. The number of nitrogen functional groups attached to an aromatic ring is 1. The summed E-state index contributed by atoms with van der Waals surface area (Å²) in [5.41, 5.74) is 11.3. The molecule has 5 fully saturated rings.